The fourth-order valence-electron chi connectivity index (χ4n) is 0.292. The Bertz CT molecular complexity index is 121. The van der Waals surface area contributed by atoms with Crippen molar-refractivity contribution in [2.24, 2.45) is 0 Å². The fraction of sp³-hybridized carbons (Fsp3) is 0.667. The number of carbonyl (C=O) groups excluding carboxylic acids is 1. The highest BCUT2D eigenvalue weighted by Gasteiger charge is 2.09. The van der Waals surface area contributed by atoms with Crippen molar-refractivity contribution in [3.05, 3.63) is 10.1 Å². The molecule has 0 aliphatic carbocycles. The number of hydrogen-bond acceptors (Lipinski definition) is 5. The molecular weight excluding hydrogens is 146 g/mol. The first kappa shape index (κ1) is 8.47. The van der Waals surface area contributed by atoms with E-state index in [2.05, 4.69) is 9.47 Å². The monoisotopic (exact) mass is 151 g/mol. The van der Waals surface area contributed by atoms with Gasteiger partial charge in [0.25, 0.3) is 5.09 Å². The van der Waals surface area contributed by atoms with Crippen molar-refractivity contribution < 1.29 is 24.6 Å². The molecular formula is C3H5NO6. The molecule has 7 heteroatoms. The van der Waals surface area contributed by atoms with Crippen LogP contribution in [0.3, 0.4) is 0 Å². The number of cyclic esters (lactones) is 2. The van der Waals surface area contributed by atoms with E-state index < -0.39 is 11.2 Å². The summed E-state index contributed by atoms with van der Waals surface area (Å²) in [5.74, 6) is 0. The minimum absolute atomic E-state index is 0.416. The Morgan fingerprint density at radius 2 is 1.80 bits per heavy atom. The van der Waals surface area contributed by atoms with Crippen molar-refractivity contribution in [2.45, 2.75) is 0 Å². The number of nitrogens with zero attached hydrogens (tertiary/aromatic N) is 1. The molecule has 0 radical (unpaired) electrons. The summed E-state index contributed by atoms with van der Waals surface area (Å²) >= 11 is 0. The minimum atomic E-state index is -1.50. The van der Waals surface area contributed by atoms with E-state index in [1.807, 2.05) is 0 Å². The molecule has 0 aromatic rings. The Morgan fingerprint density at radius 1 is 1.50 bits per heavy atom. The molecule has 1 rings (SSSR count). The van der Waals surface area contributed by atoms with Gasteiger partial charge in [-0.2, -0.15) is 0 Å². The van der Waals surface area contributed by atoms with Crippen LogP contribution in [0, 0.1) is 10.1 Å². The van der Waals surface area contributed by atoms with Crippen LogP contribution in [0.2, 0.25) is 0 Å². The standard InChI is InChI=1S/C3H4O3.HNO3/c4-3-5-1-2-6-3;2-1(3)4/h1-2H2;(H,2,3,4). The lowest BCUT2D eigenvalue weighted by Crippen LogP contribution is -1.88. The lowest BCUT2D eigenvalue weighted by molar-refractivity contribution is -0.742. The second kappa shape index (κ2) is 4.36. The topological polar surface area (TPSA) is 98.9 Å². The summed E-state index contributed by atoms with van der Waals surface area (Å²) in [6.07, 6.45) is -0.546. The maximum absolute atomic E-state index is 9.80. The molecule has 10 heavy (non-hydrogen) atoms. The van der Waals surface area contributed by atoms with E-state index in [1.165, 1.54) is 0 Å². The average Bonchev–Trinajstić information content (AvgIpc) is 2.15. The Balaban J connectivity index is 0.000000180. The van der Waals surface area contributed by atoms with E-state index in [9.17, 15) is 4.79 Å². The number of ether oxygens (including phenoxy) is 2. The van der Waals surface area contributed by atoms with Gasteiger partial charge in [-0.1, -0.05) is 0 Å². The summed E-state index contributed by atoms with van der Waals surface area (Å²) in [4.78, 5) is 18.2. The fourth-order valence-corrected chi connectivity index (χ4v) is 0.292. The molecule has 0 bridgehead atoms. The Kier molecular flexibility index (Phi) is 3.69. The lowest BCUT2D eigenvalue weighted by Gasteiger charge is -1.78. The maximum atomic E-state index is 9.80. The van der Waals surface area contributed by atoms with Gasteiger partial charge < -0.3 is 14.7 Å². The second-order valence-electron chi connectivity index (χ2n) is 1.18. The van der Waals surface area contributed by atoms with Crippen molar-refractivity contribution in [3.8, 4) is 0 Å². The molecule has 1 N–H and O–H groups in total. The molecule has 1 fully saturated rings. The molecule has 1 saturated heterocycles. The number of hydrogen-bond donors (Lipinski definition) is 1. The third-order valence-corrected chi connectivity index (χ3v) is 0.523. The third kappa shape index (κ3) is 6.47. The molecule has 58 valence electrons. The predicted octanol–water partition coefficient (Wildman–Crippen LogP) is -0.195. The molecule has 1 aliphatic rings. The smallest absolute Gasteiger partial charge is 0.431 e. The largest absolute Gasteiger partial charge is 0.508 e. The van der Waals surface area contributed by atoms with E-state index in [-0.39, 0.29) is 0 Å². The molecule has 7 nitrogen and oxygen atoms in total. The summed E-state index contributed by atoms with van der Waals surface area (Å²) in [6.45, 7) is 0.831. The normalized spacial score (nSPS) is 14.2. The molecule has 0 amide bonds. The molecule has 0 unspecified atom stereocenters. The van der Waals surface area contributed by atoms with Crippen molar-refractivity contribution in [3.63, 3.8) is 0 Å². The molecule has 0 aromatic carbocycles. The lowest BCUT2D eigenvalue weighted by atomic mass is 10.8. The average molecular weight is 151 g/mol. The summed E-state index contributed by atoms with van der Waals surface area (Å²) in [7, 11) is 0. The van der Waals surface area contributed by atoms with Crippen molar-refractivity contribution >= 4 is 6.16 Å². The van der Waals surface area contributed by atoms with Gasteiger partial charge in [-0.3, -0.25) is 0 Å². The van der Waals surface area contributed by atoms with Crippen LogP contribution in [0.15, 0.2) is 0 Å². The zero-order chi connectivity index (χ0) is 7.98. The van der Waals surface area contributed by atoms with Gasteiger partial charge in [-0.25, -0.2) is 4.79 Å². The molecule has 0 atom stereocenters. The molecule has 0 spiro atoms. The molecule has 1 heterocycles. The second-order valence-corrected chi connectivity index (χ2v) is 1.18. The molecule has 1 aliphatic heterocycles. The van der Waals surface area contributed by atoms with Gasteiger partial charge in [-0.15, -0.1) is 10.1 Å². The van der Waals surface area contributed by atoms with E-state index >= 15 is 0 Å². The summed E-state index contributed by atoms with van der Waals surface area (Å²) in [5.41, 5.74) is 0. The highest BCUT2D eigenvalue weighted by atomic mass is 16.9. The quantitative estimate of drug-likeness (QED) is 0.292. The van der Waals surface area contributed by atoms with E-state index in [0.717, 1.165) is 0 Å². The van der Waals surface area contributed by atoms with Crippen LogP contribution in [0.25, 0.3) is 0 Å². The van der Waals surface area contributed by atoms with Crippen LogP contribution in [0.1, 0.15) is 0 Å². The Hall–Kier alpha value is -1.53. The summed E-state index contributed by atoms with van der Waals surface area (Å²) in [5, 5.41) is 13.6. The zero-order valence-corrected chi connectivity index (χ0v) is 4.85. The van der Waals surface area contributed by atoms with Crippen LogP contribution in [0.4, 0.5) is 4.79 Å². The Labute approximate surface area is 55.3 Å². The van der Waals surface area contributed by atoms with Gasteiger partial charge in [0.05, 0.1) is 0 Å². The maximum Gasteiger partial charge on any atom is 0.508 e. The molecule has 0 aromatic heterocycles. The predicted molar refractivity (Wildman–Crippen MR) is 26.1 cm³/mol. The highest BCUT2D eigenvalue weighted by molar-refractivity contribution is 5.61. The van der Waals surface area contributed by atoms with Crippen LogP contribution >= 0.6 is 0 Å². The van der Waals surface area contributed by atoms with Gasteiger partial charge in [0.15, 0.2) is 0 Å². The van der Waals surface area contributed by atoms with Crippen LogP contribution < -0.4 is 0 Å². The first-order chi connectivity index (χ1) is 4.63. The van der Waals surface area contributed by atoms with Crippen molar-refractivity contribution in [1.82, 2.24) is 0 Å². The van der Waals surface area contributed by atoms with Gasteiger partial charge >= 0.3 is 6.16 Å². The van der Waals surface area contributed by atoms with E-state index in [0.29, 0.717) is 13.2 Å². The number of carbonyl (C=O) groups is 1. The van der Waals surface area contributed by atoms with Gasteiger partial charge in [0, 0.05) is 0 Å². The SMILES string of the molecule is O=C1OCCO1.O=[N+]([O-])O. The van der Waals surface area contributed by atoms with E-state index in [1.54, 1.807) is 0 Å². The van der Waals surface area contributed by atoms with Gasteiger partial charge in [-0.05, 0) is 0 Å². The van der Waals surface area contributed by atoms with Crippen LogP contribution in [-0.2, 0) is 9.47 Å². The minimum Gasteiger partial charge on any atom is -0.431 e. The van der Waals surface area contributed by atoms with Crippen molar-refractivity contribution in [2.75, 3.05) is 13.2 Å². The van der Waals surface area contributed by atoms with Crippen molar-refractivity contribution in [1.29, 1.82) is 0 Å². The van der Waals surface area contributed by atoms with Crippen LogP contribution in [-0.4, -0.2) is 29.7 Å². The van der Waals surface area contributed by atoms with Gasteiger partial charge in [0.1, 0.15) is 13.2 Å². The van der Waals surface area contributed by atoms with E-state index in [4.69, 9.17) is 15.3 Å². The van der Waals surface area contributed by atoms with Crippen LogP contribution in [0.5, 0.6) is 0 Å². The first-order valence-corrected chi connectivity index (χ1v) is 2.25. The zero-order valence-electron chi connectivity index (χ0n) is 4.85. The Morgan fingerprint density at radius 3 is 1.90 bits per heavy atom. The summed E-state index contributed by atoms with van der Waals surface area (Å²) in [6, 6.07) is 0. The molecule has 0 saturated carbocycles. The third-order valence-electron chi connectivity index (χ3n) is 0.523. The highest BCUT2D eigenvalue weighted by Crippen LogP contribution is 1.92. The number of rotatable bonds is 0. The van der Waals surface area contributed by atoms with Gasteiger partial charge in [0.2, 0.25) is 0 Å². The summed E-state index contributed by atoms with van der Waals surface area (Å²) < 4.78 is 8.58. The first-order valence-electron chi connectivity index (χ1n) is 2.25.